The van der Waals surface area contributed by atoms with Crippen LogP contribution in [0.4, 0.5) is 10.1 Å². The molecule has 2 aromatic carbocycles. The number of hydrogen-bond donors (Lipinski definition) is 2. The van der Waals surface area contributed by atoms with Crippen LogP contribution in [-0.2, 0) is 16.4 Å². The molecule has 2 rings (SSSR count). The average Bonchev–Trinajstić information content (AvgIpc) is 2.44. The van der Waals surface area contributed by atoms with E-state index in [1.54, 1.807) is 18.2 Å². The normalized spacial score (nSPS) is 11.5. The minimum atomic E-state index is -3.69. The van der Waals surface area contributed by atoms with Crippen LogP contribution >= 0.6 is 11.6 Å². The van der Waals surface area contributed by atoms with Crippen LogP contribution in [0.1, 0.15) is 5.56 Å². The van der Waals surface area contributed by atoms with E-state index in [0.29, 0.717) is 10.6 Å². The van der Waals surface area contributed by atoms with E-state index in [1.165, 1.54) is 24.3 Å². The van der Waals surface area contributed by atoms with E-state index in [0.717, 1.165) is 0 Å². The Balaban J connectivity index is 2.05. The van der Waals surface area contributed by atoms with Crippen molar-refractivity contribution in [3.63, 3.8) is 0 Å². The quantitative estimate of drug-likeness (QED) is 0.829. The molecule has 0 saturated heterocycles. The summed E-state index contributed by atoms with van der Waals surface area (Å²) < 4.78 is 40.0. The molecule has 21 heavy (non-hydrogen) atoms. The molecule has 0 radical (unpaired) electrons. The Hall–Kier alpha value is -1.63. The zero-order valence-electron chi connectivity index (χ0n) is 11.0. The van der Waals surface area contributed by atoms with Gasteiger partial charge in [0, 0.05) is 6.54 Å². The number of sulfonamides is 1. The van der Waals surface area contributed by atoms with Crippen LogP contribution in [-0.4, -0.2) is 15.0 Å². The van der Waals surface area contributed by atoms with Gasteiger partial charge in [-0.1, -0.05) is 29.8 Å². The Labute approximate surface area is 127 Å². The number of hydrogen-bond acceptors (Lipinski definition) is 3. The molecule has 0 saturated carbocycles. The molecule has 0 spiro atoms. The van der Waals surface area contributed by atoms with Gasteiger partial charge in [-0.3, -0.25) is 0 Å². The Morgan fingerprint density at radius 3 is 2.57 bits per heavy atom. The van der Waals surface area contributed by atoms with E-state index < -0.39 is 10.0 Å². The van der Waals surface area contributed by atoms with Gasteiger partial charge < -0.3 is 5.73 Å². The van der Waals surface area contributed by atoms with E-state index in [4.69, 9.17) is 17.3 Å². The third kappa shape index (κ3) is 3.93. The van der Waals surface area contributed by atoms with Crippen LogP contribution in [0.25, 0.3) is 0 Å². The first-order valence-electron chi connectivity index (χ1n) is 6.18. The lowest BCUT2D eigenvalue weighted by Crippen LogP contribution is -2.26. The number of anilines is 1. The van der Waals surface area contributed by atoms with Crippen molar-refractivity contribution in [2.75, 3.05) is 12.3 Å². The van der Waals surface area contributed by atoms with E-state index >= 15 is 0 Å². The SMILES string of the molecule is Nc1cc(S(=O)(=O)NCCc2ccccc2F)ccc1Cl. The van der Waals surface area contributed by atoms with Crippen LogP contribution in [0.3, 0.4) is 0 Å². The van der Waals surface area contributed by atoms with E-state index in [9.17, 15) is 12.8 Å². The second-order valence-corrected chi connectivity index (χ2v) is 6.60. The van der Waals surface area contributed by atoms with Crippen molar-refractivity contribution < 1.29 is 12.8 Å². The summed E-state index contributed by atoms with van der Waals surface area (Å²) in [4.78, 5) is 0.0259. The number of halogens is 2. The second kappa shape index (κ2) is 6.43. The lowest BCUT2D eigenvalue weighted by atomic mass is 10.1. The number of benzene rings is 2. The molecule has 0 fully saturated rings. The molecule has 0 unspecified atom stereocenters. The molecule has 0 aliphatic carbocycles. The molecule has 0 aromatic heterocycles. The fraction of sp³-hybridized carbons (Fsp3) is 0.143. The molecule has 4 nitrogen and oxygen atoms in total. The van der Waals surface area contributed by atoms with Crippen molar-refractivity contribution in [3.8, 4) is 0 Å². The number of nitrogen functional groups attached to an aromatic ring is 1. The summed E-state index contributed by atoms with van der Waals surface area (Å²) in [5.41, 5.74) is 6.23. The van der Waals surface area contributed by atoms with E-state index in [1.807, 2.05) is 0 Å². The van der Waals surface area contributed by atoms with Crippen LogP contribution in [0.5, 0.6) is 0 Å². The summed E-state index contributed by atoms with van der Waals surface area (Å²) in [7, 11) is -3.69. The van der Waals surface area contributed by atoms with Gasteiger partial charge in [-0.05, 0) is 36.2 Å². The van der Waals surface area contributed by atoms with Crippen molar-refractivity contribution >= 4 is 27.3 Å². The molecular formula is C14H14ClFN2O2S. The Morgan fingerprint density at radius 1 is 1.19 bits per heavy atom. The van der Waals surface area contributed by atoms with Crippen LogP contribution in [0.15, 0.2) is 47.4 Å². The van der Waals surface area contributed by atoms with Gasteiger partial charge in [-0.15, -0.1) is 0 Å². The summed E-state index contributed by atoms with van der Waals surface area (Å²) in [5.74, 6) is -0.354. The molecule has 7 heteroatoms. The summed E-state index contributed by atoms with van der Waals surface area (Å²) in [5, 5.41) is 0.292. The van der Waals surface area contributed by atoms with Gasteiger partial charge in [0.15, 0.2) is 0 Å². The molecule has 0 amide bonds. The summed E-state index contributed by atoms with van der Waals surface area (Å²) in [6, 6.07) is 10.3. The monoisotopic (exact) mass is 328 g/mol. The third-order valence-corrected chi connectivity index (χ3v) is 4.72. The Morgan fingerprint density at radius 2 is 1.90 bits per heavy atom. The maximum absolute atomic E-state index is 13.4. The third-order valence-electron chi connectivity index (χ3n) is 2.92. The zero-order chi connectivity index (χ0) is 15.5. The van der Waals surface area contributed by atoms with Gasteiger partial charge in [0.1, 0.15) is 5.82 Å². The Kier molecular flexibility index (Phi) is 4.82. The lowest BCUT2D eigenvalue weighted by molar-refractivity contribution is 0.577. The molecule has 0 bridgehead atoms. The van der Waals surface area contributed by atoms with Crippen LogP contribution in [0.2, 0.25) is 5.02 Å². The topological polar surface area (TPSA) is 72.2 Å². The highest BCUT2D eigenvalue weighted by Crippen LogP contribution is 2.22. The Bertz CT molecular complexity index is 750. The molecule has 0 atom stereocenters. The van der Waals surface area contributed by atoms with Gasteiger partial charge in [0.2, 0.25) is 10.0 Å². The largest absolute Gasteiger partial charge is 0.397 e. The zero-order valence-corrected chi connectivity index (χ0v) is 12.6. The fourth-order valence-corrected chi connectivity index (χ4v) is 2.98. The second-order valence-electron chi connectivity index (χ2n) is 4.42. The lowest BCUT2D eigenvalue weighted by Gasteiger charge is -2.08. The highest BCUT2D eigenvalue weighted by atomic mass is 35.5. The minimum Gasteiger partial charge on any atom is -0.397 e. The predicted molar refractivity (Wildman–Crippen MR) is 81.2 cm³/mol. The standard InChI is InChI=1S/C14H14ClFN2O2S/c15-12-6-5-11(9-14(12)17)21(19,20)18-8-7-10-3-1-2-4-13(10)16/h1-6,9,18H,7-8,17H2. The van der Waals surface area contributed by atoms with Crippen molar-refractivity contribution in [3.05, 3.63) is 58.9 Å². The first-order valence-corrected chi connectivity index (χ1v) is 8.04. The summed E-state index contributed by atoms with van der Waals surface area (Å²) >= 11 is 5.75. The van der Waals surface area contributed by atoms with E-state index in [-0.39, 0.29) is 29.4 Å². The molecule has 0 aliphatic heterocycles. The van der Waals surface area contributed by atoms with E-state index in [2.05, 4.69) is 4.72 Å². The van der Waals surface area contributed by atoms with Crippen LogP contribution in [0, 0.1) is 5.82 Å². The van der Waals surface area contributed by atoms with Crippen molar-refractivity contribution in [1.82, 2.24) is 4.72 Å². The minimum absolute atomic E-state index is 0.0259. The molecule has 112 valence electrons. The average molecular weight is 329 g/mol. The maximum Gasteiger partial charge on any atom is 0.240 e. The maximum atomic E-state index is 13.4. The van der Waals surface area contributed by atoms with Crippen molar-refractivity contribution in [1.29, 1.82) is 0 Å². The first-order chi connectivity index (χ1) is 9.90. The highest BCUT2D eigenvalue weighted by molar-refractivity contribution is 7.89. The molecule has 0 aliphatic rings. The number of nitrogens with one attached hydrogen (secondary N) is 1. The number of rotatable bonds is 5. The van der Waals surface area contributed by atoms with Crippen molar-refractivity contribution in [2.24, 2.45) is 0 Å². The fourth-order valence-electron chi connectivity index (χ4n) is 1.79. The van der Waals surface area contributed by atoms with Gasteiger partial charge in [-0.2, -0.15) is 0 Å². The van der Waals surface area contributed by atoms with Gasteiger partial charge in [0.25, 0.3) is 0 Å². The highest BCUT2D eigenvalue weighted by Gasteiger charge is 2.15. The van der Waals surface area contributed by atoms with Gasteiger partial charge >= 0.3 is 0 Å². The molecular weight excluding hydrogens is 315 g/mol. The first kappa shape index (κ1) is 15.8. The van der Waals surface area contributed by atoms with Crippen molar-refractivity contribution in [2.45, 2.75) is 11.3 Å². The van der Waals surface area contributed by atoms with Gasteiger partial charge in [0.05, 0.1) is 15.6 Å². The van der Waals surface area contributed by atoms with Crippen LogP contribution < -0.4 is 10.5 Å². The predicted octanol–water partition coefficient (Wildman–Crippen LogP) is 2.58. The molecule has 3 N–H and O–H groups in total. The smallest absolute Gasteiger partial charge is 0.240 e. The molecule has 2 aromatic rings. The number of nitrogens with two attached hydrogens (primary N) is 1. The summed E-state index contributed by atoms with van der Waals surface area (Å²) in [6.45, 7) is 0.0891. The van der Waals surface area contributed by atoms with Gasteiger partial charge in [-0.25, -0.2) is 17.5 Å². The summed E-state index contributed by atoms with van der Waals surface area (Å²) in [6.07, 6.45) is 0.259. The molecule has 0 heterocycles.